The second kappa shape index (κ2) is 7.69. The normalized spacial score (nSPS) is 12.1. The molecule has 4 rings (SSSR count). The van der Waals surface area contributed by atoms with Gasteiger partial charge in [-0.05, 0) is 51.4 Å². The molecule has 146 valence electrons. The first-order chi connectivity index (χ1) is 13.9. The number of hydrogen-bond acceptors (Lipinski definition) is 2. The van der Waals surface area contributed by atoms with Gasteiger partial charge in [-0.2, -0.15) is 0 Å². The van der Waals surface area contributed by atoms with Gasteiger partial charge in [-0.3, -0.25) is 0 Å². The molecule has 3 nitrogen and oxygen atoms in total. The third-order valence-electron chi connectivity index (χ3n) is 5.21. The van der Waals surface area contributed by atoms with Crippen molar-refractivity contribution >= 4 is 23.2 Å². The molecule has 1 heterocycles. The Hall–Kier alpha value is -3.17. The summed E-state index contributed by atoms with van der Waals surface area (Å²) in [5.74, 6) is 0.826. The lowest BCUT2D eigenvalue weighted by Gasteiger charge is -2.18. The first kappa shape index (κ1) is 19.2. The van der Waals surface area contributed by atoms with E-state index in [0.717, 1.165) is 39.1 Å². The second-order valence-electron chi connectivity index (χ2n) is 8.37. The van der Waals surface area contributed by atoms with Crippen LogP contribution in [0.5, 0.6) is 0 Å². The summed E-state index contributed by atoms with van der Waals surface area (Å²) in [5, 5.41) is 9.61. The molecular weight excluding hydrogens is 356 g/mol. The van der Waals surface area contributed by atoms with E-state index in [1.807, 2.05) is 36.4 Å². The Bertz CT molecular complexity index is 1160. The highest BCUT2D eigenvalue weighted by molar-refractivity contribution is 5.84. The van der Waals surface area contributed by atoms with Crippen molar-refractivity contribution in [2.45, 2.75) is 32.8 Å². The third-order valence-corrected chi connectivity index (χ3v) is 5.21. The van der Waals surface area contributed by atoms with Crippen LogP contribution in [0.3, 0.4) is 0 Å². The second-order valence-corrected chi connectivity index (χ2v) is 8.37. The highest BCUT2D eigenvalue weighted by Gasteiger charge is 2.12. The van der Waals surface area contributed by atoms with Crippen LogP contribution in [0.2, 0.25) is 0 Å². The molecule has 0 saturated carbocycles. The number of fused-ring (bicyclic) bond motifs is 1. The largest absolute Gasteiger partial charge is 0.392 e. The van der Waals surface area contributed by atoms with Crippen molar-refractivity contribution in [3.8, 4) is 11.1 Å². The van der Waals surface area contributed by atoms with Crippen LogP contribution in [0, 0.1) is 0 Å². The zero-order valence-corrected chi connectivity index (χ0v) is 17.1. The number of aliphatic hydroxyl groups excluding tert-OH is 1. The number of rotatable bonds is 4. The molecule has 0 unspecified atom stereocenters. The number of imidazole rings is 1. The Balaban J connectivity index is 1.60. The highest BCUT2D eigenvalue weighted by atomic mass is 16.3. The zero-order chi connectivity index (χ0) is 20.4. The van der Waals surface area contributed by atoms with E-state index in [2.05, 4.69) is 73.2 Å². The van der Waals surface area contributed by atoms with Crippen molar-refractivity contribution in [2.24, 2.45) is 0 Å². The predicted octanol–water partition coefficient (Wildman–Crippen LogP) is 6.19. The van der Waals surface area contributed by atoms with Crippen LogP contribution in [-0.2, 0) is 12.0 Å². The molecular formula is C26H26N2O. The van der Waals surface area contributed by atoms with Gasteiger partial charge in [-0.1, -0.05) is 81.4 Å². The van der Waals surface area contributed by atoms with Gasteiger partial charge in [0.2, 0.25) is 0 Å². The van der Waals surface area contributed by atoms with Crippen LogP contribution in [0.1, 0.15) is 43.3 Å². The number of nitrogens with one attached hydrogen (secondary N) is 1. The fourth-order valence-electron chi connectivity index (χ4n) is 3.49. The van der Waals surface area contributed by atoms with E-state index < -0.39 is 0 Å². The quantitative estimate of drug-likeness (QED) is 0.442. The van der Waals surface area contributed by atoms with Gasteiger partial charge in [0.1, 0.15) is 5.82 Å². The first-order valence-electron chi connectivity index (χ1n) is 9.91. The van der Waals surface area contributed by atoms with Gasteiger partial charge < -0.3 is 10.1 Å². The van der Waals surface area contributed by atoms with Gasteiger partial charge in [0, 0.05) is 0 Å². The fourth-order valence-corrected chi connectivity index (χ4v) is 3.49. The molecule has 0 aliphatic rings. The number of hydrogen-bond donors (Lipinski definition) is 2. The van der Waals surface area contributed by atoms with Crippen LogP contribution < -0.4 is 0 Å². The Kier molecular flexibility index (Phi) is 5.08. The van der Waals surface area contributed by atoms with Gasteiger partial charge in [-0.15, -0.1) is 0 Å². The van der Waals surface area contributed by atoms with Gasteiger partial charge in [0.15, 0.2) is 0 Å². The lowest BCUT2D eigenvalue weighted by Crippen LogP contribution is -2.10. The lowest BCUT2D eigenvalue weighted by molar-refractivity contribution is 0.282. The maximum absolute atomic E-state index is 9.61. The average Bonchev–Trinajstić information content (AvgIpc) is 3.14. The predicted molar refractivity (Wildman–Crippen MR) is 122 cm³/mol. The molecule has 3 heteroatoms. The van der Waals surface area contributed by atoms with Crippen molar-refractivity contribution in [3.63, 3.8) is 0 Å². The van der Waals surface area contributed by atoms with Crippen molar-refractivity contribution in [3.05, 3.63) is 89.2 Å². The molecule has 0 amide bonds. The average molecular weight is 383 g/mol. The Morgan fingerprint density at radius 1 is 0.931 bits per heavy atom. The number of H-pyrrole nitrogens is 1. The SMILES string of the molecule is CC(C)(C)c1ccc(/C=C/c2nc3ccc(-c4ccccc4CO)cc3[nH]2)cc1. The number of aromatic amines is 1. The minimum absolute atomic E-state index is 0.0270. The fraction of sp³-hybridized carbons (Fsp3) is 0.192. The minimum Gasteiger partial charge on any atom is -0.392 e. The van der Waals surface area contributed by atoms with E-state index >= 15 is 0 Å². The van der Waals surface area contributed by atoms with E-state index in [-0.39, 0.29) is 12.0 Å². The summed E-state index contributed by atoms with van der Waals surface area (Å²) in [6.07, 6.45) is 4.08. The Labute approximate surface area is 171 Å². The number of benzene rings is 3. The molecule has 0 aliphatic heterocycles. The highest BCUT2D eigenvalue weighted by Crippen LogP contribution is 2.27. The Morgan fingerprint density at radius 2 is 1.69 bits per heavy atom. The number of aliphatic hydroxyl groups is 1. The lowest BCUT2D eigenvalue weighted by atomic mass is 9.87. The monoisotopic (exact) mass is 382 g/mol. The molecule has 0 bridgehead atoms. The van der Waals surface area contributed by atoms with Gasteiger partial charge >= 0.3 is 0 Å². The van der Waals surface area contributed by atoms with E-state index in [1.165, 1.54) is 5.56 Å². The summed E-state index contributed by atoms with van der Waals surface area (Å²) >= 11 is 0. The number of nitrogens with zero attached hydrogens (tertiary/aromatic N) is 1. The third kappa shape index (κ3) is 4.15. The van der Waals surface area contributed by atoms with Crippen molar-refractivity contribution in [1.29, 1.82) is 0 Å². The van der Waals surface area contributed by atoms with Gasteiger partial charge in [0.05, 0.1) is 17.6 Å². The molecule has 0 fully saturated rings. The van der Waals surface area contributed by atoms with Crippen molar-refractivity contribution in [1.82, 2.24) is 9.97 Å². The number of aromatic nitrogens is 2. The van der Waals surface area contributed by atoms with Crippen LogP contribution in [0.15, 0.2) is 66.7 Å². The molecule has 0 aliphatic carbocycles. The smallest absolute Gasteiger partial charge is 0.131 e. The standard InChI is InChI=1S/C26H26N2O/c1-26(2,3)21-12-8-18(9-13-21)10-15-25-27-23-14-11-19(16-24(23)28-25)22-7-5-4-6-20(22)17-29/h4-16,29H,17H2,1-3H3,(H,27,28)/b15-10+. The van der Waals surface area contributed by atoms with Crippen molar-refractivity contribution in [2.75, 3.05) is 0 Å². The maximum atomic E-state index is 9.61. The molecule has 1 aromatic heterocycles. The van der Waals surface area contributed by atoms with Crippen molar-refractivity contribution < 1.29 is 5.11 Å². The van der Waals surface area contributed by atoms with Crippen LogP contribution in [-0.4, -0.2) is 15.1 Å². The van der Waals surface area contributed by atoms with E-state index in [1.54, 1.807) is 0 Å². The summed E-state index contributed by atoms with van der Waals surface area (Å²) < 4.78 is 0. The molecule has 0 saturated heterocycles. The molecule has 3 aromatic carbocycles. The topological polar surface area (TPSA) is 48.9 Å². The molecule has 29 heavy (non-hydrogen) atoms. The van der Waals surface area contributed by atoms with Crippen LogP contribution in [0.25, 0.3) is 34.3 Å². The summed E-state index contributed by atoms with van der Waals surface area (Å²) in [6, 6.07) is 22.7. The van der Waals surface area contributed by atoms with Gasteiger partial charge in [0.25, 0.3) is 0 Å². The summed E-state index contributed by atoms with van der Waals surface area (Å²) in [7, 11) is 0. The first-order valence-corrected chi connectivity index (χ1v) is 9.91. The summed E-state index contributed by atoms with van der Waals surface area (Å²) in [4.78, 5) is 8.06. The van der Waals surface area contributed by atoms with Crippen LogP contribution in [0.4, 0.5) is 0 Å². The maximum Gasteiger partial charge on any atom is 0.131 e. The van der Waals surface area contributed by atoms with E-state index in [4.69, 9.17) is 0 Å². The summed E-state index contributed by atoms with van der Waals surface area (Å²) in [6.45, 7) is 6.69. The minimum atomic E-state index is 0.0270. The van der Waals surface area contributed by atoms with E-state index in [0.29, 0.717) is 0 Å². The molecule has 0 atom stereocenters. The Morgan fingerprint density at radius 3 is 2.41 bits per heavy atom. The summed E-state index contributed by atoms with van der Waals surface area (Å²) in [5.41, 5.74) is 7.58. The molecule has 2 N–H and O–H groups in total. The molecule has 0 radical (unpaired) electrons. The zero-order valence-electron chi connectivity index (χ0n) is 17.1. The van der Waals surface area contributed by atoms with Crippen LogP contribution >= 0.6 is 0 Å². The molecule has 0 spiro atoms. The van der Waals surface area contributed by atoms with E-state index in [9.17, 15) is 5.11 Å². The molecule has 4 aromatic rings. The van der Waals surface area contributed by atoms with Gasteiger partial charge in [-0.25, -0.2) is 4.98 Å².